The van der Waals surface area contributed by atoms with Crippen molar-refractivity contribution in [3.63, 3.8) is 0 Å². The van der Waals surface area contributed by atoms with Gasteiger partial charge in [-0.05, 0) is 102 Å². The molecule has 1 amide bonds. The molecule has 0 fully saturated rings. The third-order valence-corrected chi connectivity index (χ3v) is 6.18. The number of benzene rings is 3. The fourth-order valence-electron chi connectivity index (χ4n) is 3.39. The molecule has 184 valence electrons. The predicted molar refractivity (Wildman–Crippen MR) is 147 cm³/mol. The van der Waals surface area contributed by atoms with E-state index in [-0.39, 0.29) is 18.2 Å². The molecule has 1 N–H and O–H groups in total. The van der Waals surface area contributed by atoms with Gasteiger partial charge in [-0.3, -0.25) is 14.9 Å². The highest BCUT2D eigenvalue weighted by molar-refractivity contribution is 14.1. The number of ether oxygens (including phenoxy) is 2. The van der Waals surface area contributed by atoms with Crippen molar-refractivity contribution >= 4 is 51.5 Å². The van der Waals surface area contributed by atoms with E-state index < -0.39 is 4.92 Å². The second-order valence-corrected chi connectivity index (χ2v) is 8.98. The molecule has 0 atom stereocenters. The van der Waals surface area contributed by atoms with Gasteiger partial charge in [0.1, 0.15) is 0 Å². The van der Waals surface area contributed by atoms with E-state index in [1.165, 1.54) is 24.3 Å². The number of nitrogens with one attached hydrogen (secondary N) is 1. The van der Waals surface area contributed by atoms with Crippen molar-refractivity contribution in [2.45, 2.75) is 20.8 Å². The third-order valence-electron chi connectivity index (χ3n) is 5.38. The highest BCUT2D eigenvalue weighted by Crippen LogP contribution is 2.35. The number of amides is 1. The van der Waals surface area contributed by atoms with Crippen LogP contribution in [-0.4, -0.2) is 24.0 Å². The average molecular weight is 597 g/mol. The molecule has 0 saturated heterocycles. The number of hydrogen-bond acceptors (Lipinski definition) is 6. The van der Waals surface area contributed by atoms with Crippen LogP contribution < -0.4 is 14.8 Å². The van der Waals surface area contributed by atoms with Crippen molar-refractivity contribution in [2.24, 2.45) is 0 Å². The lowest BCUT2D eigenvalue weighted by Gasteiger charge is -2.15. The van der Waals surface area contributed by atoms with Crippen molar-refractivity contribution < 1.29 is 19.2 Å². The Bertz CT molecular complexity index is 1360. The minimum absolute atomic E-state index is 0.0488. The number of carbonyl (C=O) groups excluding carboxylic acids is 1. The van der Waals surface area contributed by atoms with Gasteiger partial charge in [0.15, 0.2) is 18.1 Å². The number of hydrogen-bond donors (Lipinski definition) is 1. The standard InChI is InChI=1S/C27H24IN3O5/c1-4-35-25-14-19(12-21(15-29)20-8-10-22(11-9-20)31(33)34)13-23(28)27(25)36-16-26(32)30-24-7-5-6-17(2)18(24)3/h5-14H,4,16H2,1-3H3,(H,30,32)/b21-12+. The van der Waals surface area contributed by atoms with Gasteiger partial charge < -0.3 is 14.8 Å². The van der Waals surface area contributed by atoms with Gasteiger partial charge in [-0.2, -0.15) is 5.26 Å². The molecule has 3 aromatic carbocycles. The van der Waals surface area contributed by atoms with Crippen LogP contribution in [0.1, 0.15) is 29.2 Å². The lowest BCUT2D eigenvalue weighted by Crippen LogP contribution is -2.21. The summed E-state index contributed by atoms with van der Waals surface area (Å²) in [5, 5.41) is 23.4. The van der Waals surface area contributed by atoms with E-state index in [1.807, 2.05) is 45.0 Å². The van der Waals surface area contributed by atoms with E-state index in [4.69, 9.17) is 9.47 Å². The molecule has 3 aromatic rings. The van der Waals surface area contributed by atoms with E-state index in [1.54, 1.807) is 12.1 Å². The number of allylic oxidation sites excluding steroid dienone is 1. The summed E-state index contributed by atoms with van der Waals surface area (Å²) in [6, 6.07) is 17.2. The van der Waals surface area contributed by atoms with E-state index in [2.05, 4.69) is 34.0 Å². The molecule has 0 heterocycles. The smallest absolute Gasteiger partial charge is 0.269 e. The molecule has 36 heavy (non-hydrogen) atoms. The summed E-state index contributed by atoms with van der Waals surface area (Å²) in [6.07, 6.45) is 1.67. The van der Waals surface area contributed by atoms with Crippen LogP contribution in [-0.2, 0) is 4.79 Å². The maximum atomic E-state index is 12.5. The minimum Gasteiger partial charge on any atom is -0.490 e. The molecule has 0 unspecified atom stereocenters. The van der Waals surface area contributed by atoms with Crippen LogP contribution >= 0.6 is 22.6 Å². The zero-order valence-electron chi connectivity index (χ0n) is 20.0. The normalized spacial score (nSPS) is 10.9. The quantitative estimate of drug-likeness (QED) is 0.102. The topological polar surface area (TPSA) is 114 Å². The lowest BCUT2D eigenvalue weighted by molar-refractivity contribution is -0.384. The first-order chi connectivity index (χ1) is 17.2. The number of non-ortho nitro benzene ring substituents is 1. The number of nitro groups is 1. The van der Waals surface area contributed by atoms with Crippen LogP contribution in [0.2, 0.25) is 0 Å². The Balaban J connectivity index is 1.82. The molecule has 0 aliphatic heterocycles. The van der Waals surface area contributed by atoms with Gasteiger partial charge in [-0.15, -0.1) is 0 Å². The summed E-state index contributed by atoms with van der Waals surface area (Å²) in [6.45, 7) is 5.94. The first-order valence-corrected chi connectivity index (χ1v) is 12.1. The van der Waals surface area contributed by atoms with Crippen LogP contribution in [0.25, 0.3) is 11.6 Å². The Morgan fingerprint density at radius 2 is 1.89 bits per heavy atom. The average Bonchev–Trinajstić information content (AvgIpc) is 2.85. The Kier molecular flexibility index (Phi) is 9.02. The third kappa shape index (κ3) is 6.60. The van der Waals surface area contributed by atoms with Gasteiger partial charge in [-0.1, -0.05) is 12.1 Å². The number of nitriles is 1. The number of carbonyl (C=O) groups is 1. The summed E-state index contributed by atoms with van der Waals surface area (Å²) < 4.78 is 12.3. The molecule has 0 aromatic heterocycles. The number of nitro benzene ring substituents is 1. The van der Waals surface area contributed by atoms with Gasteiger partial charge in [0, 0.05) is 17.8 Å². The second-order valence-electron chi connectivity index (χ2n) is 7.82. The van der Waals surface area contributed by atoms with E-state index >= 15 is 0 Å². The van der Waals surface area contributed by atoms with Crippen molar-refractivity contribution in [3.8, 4) is 17.6 Å². The first kappa shape index (κ1) is 26.7. The summed E-state index contributed by atoms with van der Waals surface area (Å²) in [5.41, 5.74) is 4.34. The molecule has 0 bridgehead atoms. The Morgan fingerprint density at radius 3 is 2.53 bits per heavy atom. The molecule has 3 rings (SSSR count). The van der Waals surface area contributed by atoms with Crippen molar-refractivity contribution in [2.75, 3.05) is 18.5 Å². The van der Waals surface area contributed by atoms with Gasteiger partial charge >= 0.3 is 0 Å². The molecule has 8 nitrogen and oxygen atoms in total. The van der Waals surface area contributed by atoms with Crippen molar-refractivity contribution in [1.29, 1.82) is 5.26 Å². The van der Waals surface area contributed by atoms with Crippen LogP contribution in [0.3, 0.4) is 0 Å². The Hall–Kier alpha value is -3.91. The van der Waals surface area contributed by atoms with Crippen molar-refractivity contribution in [3.05, 3.63) is 90.5 Å². The molecule has 0 aliphatic rings. The number of rotatable bonds is 9. The Morgan fingerprint density at radius 1 is 1.17 bits per heavy atom. The largest absolute Gasteiger partial charge is 0.490 e. The molecule has 0 aliphatic carbocycles. The summed E-state index contributed by atoms with van der Waals surface area (Å²) >= 11 is 2.09. The molecule has 0 radical (unpaired) electrons. The molecular weight excluding hydrogens is 573 g/mol. The molecule has 0 spiro atoms. The van der Waals surface area contributed by atoms with E-state index in [9.17, 15) is 20.2 Å². The minimum atomic E-state index is -0.489. The maximum Gasteiger partial charge on any atom is 0.269 e. The van der Waals surface area contributed by atoms with Crippen LogP contribution in [0.15, 0.2) is 54.6 Å². The van der Waals surface area contributed by atoms with Gasteiger partial charge in [-0.25, -0.2) is 0 Å². The number of nitrogens with zero attached hydrogens (tertiary/aromatic N) is 2. The van der Waals surface area contributed by atoms with Gasteiger partial charge in [0.25, 0.3) is 11.6 Å². The highest BCUT2D eigenvalue weighted by atomic mass is 127. The van der Waals surface area contributed by atoms with E-state index in [0.717, 1.165) is 16.8 Å². The predicted octanol–water partition coefficient (Wildman–Crippen LogP) is 6.30. The highest BCUT2D eigenvalue weighted by Gasteiger charge is 2.15. The fraction of sp³-hybridized carbons (Fsp3) is 0.185. The van der Waals surface area contributed by atoms with Crippen LogP contribution in [0.4, 0.5) is 11.4 Å². The number of aryl methyl sites for hydroxylation is 1. The van der Waals surface area contributed by atoms with Crippen molar-refractivity contribution in [1.82, 2.24) is 0 Å². The lowest BCUT2D eigenvalue weighted by atomic mass is 10.0. The van der Waals surface area contributed by atoms with E-state index in [0.29, 0.717) is 38.4 Å². The van der Waals surface area contributed by atoms with Gasteiger partial charge in [0.2, 0.25) is 0 Å². The zero-order chi connectivity index (χ0) is 26.2. The van der Waals surface area contributed by atoms with Gasteiger partial charge in [0.05, 0.1) is 26.7 Å². The molecule has 0 saturated carbocycles. The number of anilines is 1. The summed E-state index contributed by atoms with van der Waals surface area (Å²) in [4.78, 5) is 22.9. The van der Waals surface area contributed by atoms with Crippen LogP contribution in [0.5, 0.6) is 11.5 Å². The maximum absolute atomic E-state index is 12.5. The van der Waals surface area contributed by atoms with Crippen LogP contribution in [0, 0.1) is 38.9 Å². The monoisotopic (exact) mass is 597 g/mol. The first-order valence-electron chi connectivity index (χ1n) is 11.0. The Labute approximate surface area is 222 Å². The SMILES string of the molecule is CCOc1cc(/C=C(\C#N)c2ccc([N+](=O)[O-])cc2)cc(I)c1OCC(=O)Nc1cccc(C)c1C. The fourth-order valence-corrected chi connectivity index (χ4v) is 4.18. The zero-order valence-corrected chi connectivity index (χ0v) is 22.2. The number of halogens is 1. The summed E-state index contributed by atoms with van der Waals surface area (Å²) in [7, 11) is 0. The second kappa shape index (κ2) is 12.2. The molecule has 9 heteroatoms. The molecular formula is C27H24IN3O5. The summed E-state index contributed by atoms with van der Waals surface area (Å²) in [5.74, 6) is 0.576.